The van der Waals surface area contributed by atoms with Gasteiger partial charge in [0, 0.05) is 54.4 Å². The van der Waals surface area contributed by atoms with E-state index >= 15 is 0 Å². The molecule has 6 nitrogen and oxygen atoms in total. The third kappa shape index (κ3) is 5.06. The summed E-state index contributed by atoms with van der Waals surface area (Å²) in [6, 6.07) is 5.70. The summed E-state index contributed by atoms with van der Waals surface area (Å²) in [5.41, 5.74) is 3.97. The van der Waals surface area contributed by atoms with E-state index in [4.69, 9.17) is 4.74 Å². The molecule has 2 aromatic heterocycles. The smallest absolute Gasteiger partial charge is 0.340 e. The SMILES string of the molecule is CCOC(=O)c1c(/C=C/C(=O)NCCc2ccccn2)c(C)n(CC)c1C. The van der Waals surface area contributed by atoms with Crippen LogP contribution in [0.2, 0.25) is 0 Å². The normalized spacial score (nSPS) is 11.0. The molecule has 2 aromatic rings. The number of carbonyl (C=O) groups is 2. The number of carbonyl (C=O) groups excluding carboxylic acids is 2. The molecule has 1 N–H and O–H groups in total. The molecule has 0 fully saturated rings. The molecular formula is C21H27N3O3. The second-order valence-corrected chi connectivity index (χ2v) is 6.12. The van der Waals surface area contributed by atoms with Crippen LogP contribution in [0.5, 0.6) is 0 Å². The van der Waals surface area contributed by atoms with E-state index in [0.29, 0.717) is 25.1 Å². The number of amides is 1. The lowest BCUT2D eigenvalue weighted by molar-refractivity contribution is -0.116. The zero-order valence-electron chi connectivity index (χ0n) is 16.4. The highest BCUT2D eigenvalue weighted by Gasteiger charge is 2.22. The van der Waals surface area contributed by atoms with Gasteiger partial charge in [-0.05, 0) is 45.9 Å². The van der Waals surface area contributed by atoms with Gasteiger partial charge >= 0.3 is 5.97 Å². The van der Waals surface area contributed by atoms with E-state index in [9.17, 15) is 9.59 Å². The number of nitrogens with zero attached hydrogens (tertiary/aromatic N) is 2. The summed E-state index contributed by atoms with van der Waals surface area (Å²) >= 11 is 0. The highest BCUT2D eigenvalue weighted by molar-refractivity contribution is 5.98. The third-order valence-electron chi connectivity index (χ3n) is 4.43. The van der Waals surface area contributed by atoms with Gasteiger partial charge in [-0.15, -0.1) is 0 Å². The summed E-state index contributed by atoms with van der Waals surface area (Å²) in [4.78, 5) is 28.7. The molecule has 0 saturated heterocycles. The van der Waals surface area contributed by atoms with Crippen molar-refractivity contribution in [1.82, 2.24) is 14.9 Å². The Morgan fingerprint density at radius 3 is 2.63 bits per heavy atom. The Morgan fingerprint density at radius 1 is 1.22 bits per heavy atom. The Bertz CT molecular complexity index is 823. The number of hydrogen-bond donors (Lipinski definition) is 1. The number of rotatable bonds is 8. The van der Waals surface area contributed by atoms with Gasteiger partial charge < -0.3 is 14.6 Å². The Hall–Kier alpha value is -2.89. The second kappa shape index (κ2) is 9.71. The predicted octanol–water partition coefficient (Wildman–Crippen LogP) is 3.07. The van der Waals surface area contributed by atoms with Gasteiger partial charge in [-0.25, -0.2) is 4.79 Å². The Balaban J connectivity index is 2.10. The van der Waals surface area contributed by atoms with Crippen LogP contribution < -0.4 is 5.32 Å². The first-order valence-corrected chi connectivity index (χ1v) is 9.22. The van der Waals surface area contributed by atoms with Crippen molar-refractivity contribution in [2.24, 2.45) is 0 Å². The average Bonchev–Trinajstić information content (AvgIpc) is 2.90. The summed E-state index contributed by atoms with van der Waals surface area (Å²) in [6.45, 7) is 9.19. The van der Waals surface area contributed by atoms with Gasteiger partial charge in [0.1, 0.15) is 0 Å². The van der Waals surface area contributed by atoms with Crippen LogP contribution in [0.25, 0.3) is 6.08 Å². The number of nitrogens with one attached hydrogen (secondary N) is 1. The molecule has 0 aliphatic rings. The summed E-state index contributed by atoms with van der Waals surface area (Å²) in [6.07, 6.45) is 5.55. The Morgan fingerprint density at radius 2 is 2.00 bits per heavy atom. The summed E-state index contributed by atoms with van der Waals surface area (Å²) in [7, 11) is 0. The zero-order chi connectivity index (χ0) is 19.8. The van der Waals surface area contributed by atoms with Gasteiger partial charge in [-0.3, -0.25) is 9.78 Å². The molecule has 0 aliphatic heterocycles. The molecule has 0 aliphatic carbocycles. The monoisotopic (exact) mass is 369 g/mol. The van der Waals surface area contributed by atoms with E-state index in [1.807, 2.05) is 43.5 Å². The fraction of sp³-hybridized carbons (Fsp3) is 0.381. The van der Waals surface area contributed by atoms with Gasteiger partial charge in [0.15, 0.2) is 0 Å². The molecule has 1 amide bonds. The van der Waals surface area contributed by atoms with Crippen LogP contribution in [0.3, 0.4) is 0 Å². The summed E-state index contributed by atoms with van der Waals surface area (Å²) < 4.78 is 7.24. The highest BCUT2D eigenvalue weighted by atomic mass is 16.5. The van der Waals surface area contributed by atoms with Crippen LogP contribution in [0.1, 0.15) is 46.9 Å². The van der Waals surface area contributed by atoms with Crippen molar-refractivity contribution < 1.29 is 14.3 Å². The number of hydrogen-bond acceptors (Lipinski definition) is 4. The van der Waals surface area contributed by atoms with Crippen molar-refractivity contribution in [3.8, 4) is 0 Å². The Kier molecular flexibility index (Phi) is 7.34. The lowest BCUT2D eigenvalue weighted by Gasteiger charge is -2.05. The lowest BCUT2D eigenvalue weighted by atomic mass is 10.1. The molecule has 0 spiro atoms. The van der Waals surface area contributed by atoms with Gasteiger partial charge in [-0.1, -0.05) is 6.07 Å². The van der Waals surface area contributed by atoms with Crippen LogP contribution in [0.15, 0.2) is 30.5 Å². The largest absolute Gasteiger partial charge is 0.462 e. The number of ether oxygens (including phenoxy) is 1. The molecule has 0 bridgehead atoms. The van der Waals surface area contributed by atoms with E-state index in [-0.39, 0.29) is 11.9 Å². The minimum Gasteiger partial charge on any atom is -0.462 e. The number of esters is 1. The summed E-state index contributed by atoms with van der Waals surface area (Å²) in [5.74, 6) is -0.567. The summed E-state index contributed by atoms with van der Waals surface area (Å²) in [5, 5.41) is 2.84. The molecule has 0 radical (unpaired) electrons. The zero-order valence-corrected chi connectivity index (χ0v) is 16.4. The minimum atomic E-state index is -0.361. The molecule has 2 rings (SSSR count). The fourth-order valence-corrected chi connectivity index (χ4v) is 3.12. The standard InChI is InChI=1S/C21H27N3O3/c1-5-24-15(3)18(20(16(24)4)21(26)27-6-2)10-11-19(25)23-14-12-17-9-7-8-13-22-17/h7-11,13H,5-6,12,14H2,1-4H3,(H,23,25)/b11-10+. The molecule has 0 aromatic carbocycles. The van der Waals surface area contributed by atoms with E-state index in [1.54, 1.807) is 19.2 Å². The molecular weight excluding hydrogens is 342 g/mol. The molecule has 27 heavy (non-hydrogen) atoms. The highest BCUT2D eigenvalue weighted by Crippen LogP contribution is 2.24. The van der Waals surface area contributed by atoms with Crippen LogP contribution in [-0.2, 0) is 22.5 Å². The maximum atomic E-state index is 12.4. The quantitative estimate of drug-likeness (QED) is 0.573. The van der Waals surface area contributed by atoms with Crippen molar-refractivity contribution in [2.75, 3.05) is 13.2 Å². The number of pyridine rings is 1. The maximum absolute atomic E-state index is 12.4. The molecule has 0 unspecified atom stereocenters. The second-order valence-electron chi connectivity index (χ2n) is 6.12. The number of aromatic nitrogens is 2. The maximum Gasteiger partial charge on any atom is 0.340 e. The van der Waals surface area contributed by atoms with Crippen molar-refractivity contribution in [2.45, 2.75) is 40.7 Å². The third-order valence-corrected chi connectivity index (χ3v) is 4.43. The average molecular weight is 369 g/mol. The van der Waals surface area contributed by atoms with Crippen molar-refractivity contribution in [1.29, 1.82) is 0 Å². The van der Waals surface area contributed by atoms with Crippen LogP contribution in [0.4, 0.5) is 0 Å². The van der Waals surface area contributed by atoms with Gasteiger partial charge in [0.25, 0.3) is 0 Å². The van der Waals surface area contributed by atoms with E-state index < -0.39 is 0 Å². The predicted molar refractivity (Wildman–Crippen MR) is 106 cm³/mol. The molecule has 2 heterocycles. The van der Waals surface area contributed by atoms with Crippen molar-refractivity contribution in [3.63, 3.8) is 0 Å². The van der Waals surface area contributed by atoms with E-state index in [1.165, 1.54) is 6.08 Å². The van der Waals surface area contributed by atoms with Crippen LogP contribution >= 0.6 is 0 Å². The first kappa shape index (κ1) is 20.4. The molecule has 144 valence electrons. The lowest BCUT2D eigenvalue weighted by Crippen LogP contribution is -2.23. The molecule has 0 saturated carbocycles. The first-order valence-electron chi connectivity index (χ1n) is 9.22. The Labute approximate surface area is 160 Å². The van der Waals surface area contributed by atoms with Gasteiger partial charge in [0.05, 0.1) is 12.2 Å². The van der Waals surface area contributed by atoms with Crippen molar-refractivity contribution >= 4 is 18.0 Å². The first-order chi connectivity index (χ1) is 13.0. The topological polar surface area (TPSA) is 73.2 Å². The molecule has 0 atom stereocenters. The fourth-order valence-electron chi connectivity index (χ4n) is 3.12. The van der Waals surface area contributed by atoms with Crippen LogP contribution in [-0.4, -0.2) is 34.6 Å². The van der Waals surface area contributed by atoms with Crippen molar-refractivity contribution in [3.05, 3.63) is 58.7 Å². The van der Waals surface area contributed by atoms with E-state index in [0.717, 1.165) is 29.2 Å². The van der Waals surface area contributed by atoms with Gasteiger partial charge in [-0.2, -0.15) is 0 Å². The minimum absolute atomic E-state index is 0.206. The molecule has 6 heteroatoms. The van der Waals surface area contributed by atoms with Gasteiger partial charge in [0.2, 0.25) is 5.91 Å². The van der Waals surface area contributed by atoms with E-state index in [2.05, 4.69) is 10.3 Å². The van der Waals surface area contributed by atoms with Crippen LogP contribution in [0, 0.1) is 13.8 Å².